The van der Waals surface area contributed by atoms with E-state index >= 15 is 0 Å². The first kappa shape index (κ1) is 13.6. The molecule has 0 radical (unpaired) electrons. The van der Waals surface area contributed by atoms with Gasteiger partial charge in [0.2, 0.25) is 0 Å². The van der Waals surface area contributed by atoms with E-state index in [1.807, 2.05) is 25.2 Å². The number of methoxy groups -OCH3 is 1. The van der Waals surface area contributed by atoms with Gasteiger partial charge in [-0.2, -0.15) is 0 Å². The molecule has 1 rings (SSSR count). The van der Waals surface area contributed by atoms with E-state index in [-0.39, 0.29) is 0 Å². The molecule has 0 saturated heterocycles. The van der Waals surface area contributed by atoms with E-state index in [9.17, 15) is 0 Å². The molecule has 2 nitrogen and oxygen atoms in total. The molecule has 0 aromatic heterocycles. The van der Waals surface area contributed by atoms with E-state index in [4.69, 9.17) is 27.9 Å². The molecule has 0 amide bonds. The Hall–Kier alpha value is -0.440. The van der Waals surface area contributed by atoms with Crippen LogP contribution in [-0.2, 0) is 10.6 Å². The van der Waals surface area contributed by atoms with Crippen LogP contribution in [0, 0.1) is 0 Å². The number of hydrogen-bond donors (Lipinski definition) is 0. The molecule has 0 spiro atoms. The highest BCUT2D eigenvalue weighted by atomic mass is 35.5. The first-order chi connectivity index (χ1) is 7.60. The van der Waals surface area contributed by atoms with Crippen molar-refractivity contribution in [1.82, 2.24) is 0 Å². The maximum absolute atomic E-state index is 6.11. The molecule has 0 saturated carbocycles. The van der Waals surface area contributed by atoms with Crippen LogP contribution in [0.15, 0.2) is 18.2 Å². The molecule has 0 aliphatic heterocycles. The normalized spacial score (nSPS) is 12.6. The van der Waals surface area contributed by atoms with Gasteiger partial charge in [0.1, 0.15) is 0 Å². The Labute approximate surface area is 107 Å². The van der Waals surface area contributed by atoms with Gasteiger partial charge >= 0.3 is 0 Å². The molecule has 4 heteroatoms. The summed E-state index contributed by atoms with van der Waals surface area (Å²) in [7, 11) is 3.73. The number of rotatable bonds is 5. The van der Waals surface area contributed by atoms with Crippen molar-refractivity contribution in [3.63, 3.8) is 0 Å². The lowest BCUT2D eigenvalue weighted by molar-refractivity contribution is 0.183. The van der Waals surface area contributed by atoms with Crippen LogP contribution in [0.2, 0.25) is 5.02 Å². The van der Waals surface area contributed by atoms with Gasteiger partial charge in [-0.25, -0.2) is 0 Å². The molecule has 1 aromatic rings. The van der Waals surface area contributed by atoms with E-state index in [1.54, 1.807) is 7.11 Å². The third-order valence-electron chi connectivity index (χ3n) is 2.66. The van der Waals surface area contributed by atoms with Crippen molar-refractivity contribution < 1.29 is 4.74 Å². The van der Waals surface area contributed by atoms with Gasteiger partial charge in [0.15, 0.2) is 0 Å². The molecule has 0 aliphatic rings. The molecule has 1 unspecified atom stereocenters. The van der Waals surface area contributed by atoms with E-state index in [0.717, 1.165) is 11.3 Å². The second kappa shape index (κ2) is 6.33. The largest absolute Gasteiger partial charge is 0.383 e. The Morgan fingerprint density at radius 2 is 2.12 bits per heavy atom. The Morgan fingerprint density at radius 3 is 2.62 bits per heavy atom. The van der Waals surface area contributed by atoms with Gasteiger partial charge in [-0.05, 0) is 24.6 Å². The molecular weight excluding hydrogens is 245 g/mol. The summed E-state index contributed by atoms with van der Waals surface area (Å²) in [6.45, 7) is 2.79. The third kappa shape index (κ3) is 3.27. The van der Waals surface area contributed by atoms with E-state index in [0.29, 0.717) is 23.6 Å². The molecule has 0 bridgehead atoms. The van der Waals surface area contributed by atoms with Crippen molar-refractivity contribution in [2.45, 2.75) is 18.8 Å². The summed E-state index contributed by atoms with van der Waals surface area (Å²) in [4.78, 5) is 2.13. The Kier molecular flexibility index (Phi) is 5.39. The van der Waals surface area contributed by atoms with Crippen LogP contribution < -0.4 is 4.90 Å². The maximum atomic E-state index is 6.11. The van der Waals surface area contributed by atoms with Gasteiger partial charge in [-0.3, -0.25) is 0 Å². The molecule has 1 aromatic carbocycles. The minimum atomic E-state index is 0.308. The van der Waals surface area contributed by atoms with Crippen molar-refractivity contribution >= 4 is 28.9 Å². The van der Waals surface area contributed by atoms with Gasteiger partial charge in [-0.15, -0.1) is 11.6 Å². The van der Waals surface area contributed by atoms with Crippen LogP contribution in [0.4, 0.5) is 5.69 Å². The highest BCUT2D eigenvalue weighted by Crippen LogP contribution is 2.25. The fraction of sp³-hybridized carbons (Fsp3) is 0.500. The fourth-order valence-corrected chi connectivity index (χ4v) is 2.01. The predicted molar refractivity (Wildman–Crippen MR) is 70.8 cm³/mol. The lowest BCUT2D eigenvalue weighted by atomic mass is 10.2. The van der Waals surface area contributed by atoms with Gasteiger partial charge in [-0.1, -0.05) is 17.7 Å². The quantitative estimate of drug-likeness (QED) is 0.752. The van der Waals surface area contributed by atoms with Crippen LogP contribution >= 0.6 is 23.2 Å². The molecule has 90 valence electrons. The number of alkyl halides is 1. The Bertz CT molecular complexity index is 344. The zero-order chi connectivity index (χ0) is 12.1. The smallest absolute Gasteiger partial charge is 0.0663 e. The lowest BCUT2D eigenvalue weighted by Gasteiger charge is -2.26. The van der Waals surface area contributed by atoms with Crippen molar-refractivity contribution in [3.05, 3.63) is 28.8 Å². The second-order valence-electron chi connectivity index (χ2n) is 3.82. The highest BCUT2D eigenvalue weighted by molar-refractivity contribution is 6.32. The zero-order valence-electron chi connectivity index (χ0n) is 9.84. The highest BCUT2D eigenvalue weighted by Gasteiger charge is 2.11. The average Bonchev–Trinajstić information content (AvgIpc) is 2.28. The molecule has 1 atom stereocenters. The van der Waals surface area contributed by atoms with Gasteiger partial charge in [0.05, 0.1) is 6.61 Å². The van der Waals surface area contributed by atoms with Crippen LogP contribution in [0.3, 0.4) is 0 Å². The minimum Gasteiger partial charge on any atom is -0.383 e. The molecule has 16 heavy (non-hydrogen) atoms. The average molecular weight is 262 g/mol. The molecule has 0 aliphatic carbocycles. The molecule has 0 heterocycles. The summed E-state index contributed by atoms with van der Waals surface area (Å²) < 4.78 is 5.13. The monoisotopic (exact) mass is 261 g/mol. The summed E-state index contributed by atoms with van der Waals surface area (Å²) in [5, 5.41) is 0.712. The number of halogens is 2. The number of anilines is 1. The Balaban J connectivity index is 2.84. The number of ether oxygens (including phenoxy) is 1. The molecule has 0 N–H and O–H groups in total. The number of benzene rings is 1. The Morgan fingerprint density at radius 1 is 1.44 bits per heavy atom. The van der Waals surface area contributed by atoms with Crippen molar-refractivity contribution in [1.29, 1.82) is 0 Å². The van der Waals surface area contributed by atoms with E-state index in [2.05, 4.69) is 11.8 Å². The topological polar surface area (TPSA) is 12.5 Å². The summed E-state index contributed by atoms with van der Waals surface area (Å²) >= 11 is 11.9. The van der Waals surface area contributed by atoms with Crippen LogP contribution in [0.5, 0.6) is 0 Å². The van der Waals surface area contributed by atoms with Crippen molar-refractivity contribution in [3.8, 4) is 0 Å². The molecular formula is C12H17Cl2NO. The predicted octanol–water partition coefficient (Wildman–Crippen LogP) is 3.55. The number of hydrogen-bond acceptors (Lipinski definition) is 2. The van der Waals surface area contributed by atoms with E-state index < -0.39 is 0 Å². The van der Waals surface area contributed by atoms with E-state index in [1.165, 1.54) is 0 Å². The van der Waals surface area contributed by atoms with Gasteiger partial charge < -0.3 is 9.64 Å². The second-order valence-corrected chi connectivity index (χ2v) is 4.50. The lowest BCUT2D eigenvalue weighted by Crippen LogP contribution is -2.32. The first-order valence-electron chi connectivity index (χ1n) is 5.16. The zero-order valence-corrected chi connectivity index (χ0v) is 11.3. The summed E-state index contributed by atoms with van der Waals surface area (Å²) in [5.74, 6) is 0.441. The van der Waals surface area contributed by atoms with Crippen molar-refractivity contribution in [2.75, 3.05) is 25.7 Å². The van der Waals surface area contributed by atoms with Gasteiger partial charge in [0.25, 0.3) is 0 Å². The van der Waals surface area contributed by atoms with Crippen LogP contribution in [-0.4, -0.2) is 26.8 Å². The fourth-order valence-electron chi connectivity index (χ4n) is 1.47. The summed E-state index contributed by atoms with van der Waals surface area (Å²) in [6, 6.07) is 6.23. The number of nitrogens with zero attached hydrogens (tertiary/aromatic N) is 1. The summed E-state index contributed by atoms with van der Waals surface area (Å²) in [6.07, 6.45) is 0. The standard InChI is InChI=1S/C12H17Cl2NO/c1-9(8-16-3)15(2)11-5-4-10(7-13)12(14)6-11/h4-6,9H,7-8H2,1-3H3. The van der Waals surface area contributed by atoms with Crippen LogP contribution in [0.25, 0.3) is 0 Å². The third-order valence-corrected chi connectivity index (χ3v) is 3.30. The van der Waals surface area contributed by atoms with Gasteiger partial charge in [0, 0.05) is 36.8 Å². The maximum Gasteiger partial charge on any atom is 0.0663 e. The van der Waals surface area contributed by atoms with Crippen LogP contribution in [0.1, 0.15) is 12.5 Å². The number of likely N-dealkylation sites (N-methyl/N-ethyl adjacent to an activating group) is 1. The summed E-state index contributed by atoms with van der Waals surface area (Å²) in [5.41, 5.74) is 2.03. The van der Waals surface area contributed by atoms with Crippen molar-refractivity contribution in [2.24, 2.45) is 0 Å². The minimum absolute atomic E-state index is 0.308. The SMILES string of the molecule is COCC(C)N(C)c1ccc(CCl)c(Cl)c1. The first-order valence-corrected chi connectivity index (χ1v) is 6.07. The molecule has 0 fully saturated rings.